The Morgan fingerprint density at radius 2 is 1.58 bits per heavy atom. The van der Waals surface area contributed by atoms with E-state index in [2.05, 4.69) is 5.32 Å². The van der Waals surface area contributed by atoms with Crippen LogP contribution in [0.4, 0.5) is 17.1 Å². The molecule has 24 heavy (non-hydrogen) atoms. The van der Waals surface area contributed by atoms with Crippen LogP contribution in [0.15, 0.2) is 42.5 Å². The van der Waals surface area contributed by atoms with Crippen LogP contribution < -0.4 is 5.32 Å². The lowest BCUT2D eigenvalue weighted by atomic mass is 10.1. The molecule has 0 heterocycles. The minimum Gasteiger partial charge on any atom is -0.478 e. The third-order valence-corrected chi connectivity index (χ3v) is 3.30. The van der Waals surface area contributed by atoms with Crippen LogP contribution in [-0.2, 0) is 6.42 Å². The van der Waals surface area contributed by atoms with Gasteiger partial charge in [-0.1, -0.05) is 30.3 Å². The van der Waals surface area contributed by atoms with Crippen LogP contribution in [0.25, 0.3) is 0 Å². The number of carboxylic acids is 1. The summed E-state index contributed by atoms with van der Waals surface area (Å²) in [6.07, 6.45) is 0.496. The van der Waals surface area contributed by atoms with Crippen molar-refractivity contribution in [2.45, 2.75) is 6.42 Å². The number of nitro groups is 2. The molecule has 9 nitrogen and oxygen atoms in total. The first-order chi connectivity index (χ1) is 11.4. The summed E-state index contributed by atoms with van der Waals surface area (Å²) in [6, 6.07) is 10.8. The van der Waals surface area contributed by atoms with Gasteiger partial charge in [0, 0.05) is 18.7 Å². The van der Waals surface area contributed by atoms with Crippen molar-refractivity contribution in [3.05, 3.63) is 73.8 Å². The maximum Gasteiger partial charge on any atom is 0.336 e. The summed E-state index contributed by atoms with van der Waals surface area (Å²) in [6.45, 7) is 0.220. The van der Waals surface area contributed by atoms with Crippen LogP contribution in [0.2, 0.25) is 0 Å². The first-order valence-electron chi connectivity index (χ1n) is 6.88. The molecule has 0 atom stereocenters. The van der Waals surface area contributed by atoms with E-state index in [1.807, 2.05) is 30.3 Å². The first kappa shape index (κ1) is 16.9. The molecule has 0 bridgehead atoms. The number of rotatable bonds is 7. The van der Waals surface area contributed by atoms with Gasteiger partial charge in [-0.05, 0) is 12.0 Å². The second kappa shape index (κ2) is 7.18. The Balaban J connectivity index is 2.34. The number of anilines is 1. The van der Waals surface area contributed by atoms with Gasteiger partial charge in [0.2, 0.25) is 0 Å². The molecule has 124 valence electrons. The number of carbonyl (C=O) groups is 1. The van der Waals surface area contributed by atoms with E-state index < -0.39 is 32.8 Å². The highest BCUT2D eigenvalue weighted by molar-refractivity contribution is 5.92. The number of hydrogen-bond acceptors (Lipinski definition) is 6. The second-order valence-electron chi connectivity index (χ2n) is 4.87. The van der Waals surface area contributed by atoms with E-state index in [1.54, 1.807) is 0 Å². The third kappa shape index (κ3) is 3.83. The lowest BCUT2D eigenvalue weighted by Gasteiger charge is -2.09. The molecule has 0 unspecified atom stereocenters. The largest absolute Gasteiger partial charge is 0.478 e. The quantitative estimate of drug-likeness (QED) is 0.588. The zero-order valence-electron chi connectivity index (χ0n) is 12.3. The van der Waals surface area contributed by atoms with Crippen molar-refractivity contribution in [3.63, 3.8) is 0 Å². The summed E-state index contributed by atoms with van der Waals surface area (Å²) in [5.41, 5.74) is -1.14. The Kier molecular flexibility index (Phi) is 5.05. The van der Waals surface area contributed by atoms with Gasteiger partial charge in [-0.15, -0.1) is 0 Å². The molecule has 0 aromatic heterocycles. The average Bonchev–Trinajstić information content (AvgIpc) is 2.55. The van der Waals surface area contributed by atoms with Crippen molar-refractivity contribution in [3.8, 4) is 0 Å². The topological polar surface area (TPSA) is 136 Å². The molecule has 0 fully saturated rings. The van der Waals surface area contributed by atoms with E-state index >= 15 is 0 Å². The summed E-state index contributed by atoms with van der Waals surface area (Å²) in [5, 5.41) is 33.9. The smallest absolute Gasteiger partial charge is 0.336 e. The van der Waals surface area contributed by atoms with Gasteiger partial charge >= 0.3 is 5.97 Å². The van der Waals surface area contributed by atoms with Crippen molar-refractivity contribution >= 4 is 23.0 Å². The fourth-order valence-electron chi connectivity index (χ4n) is 2.18. The number of nitrogens with zero attached hydrogens (tertiary/aromatic N) is 2. The fraction of sp³-hybridized carbons (Fsp3) is 0.133. The highest BCUT2D eigenvalue weighted by Crippen LogP contribution is 2.35. The number of nitrogens with one attached hydrogen (secondary N) is 1. The minimum atomic E-state index is -1.47. The van der Waals surface area contributed by atoms with Gasteiger partial charge in [-0.3, -0.25) is 20.2 Å². The number of carboxylic acid groups (broad SMARTS) is 1. The molecule has 0 aliphatic rings. The number of hydrogen-bond donors (Lipinski definition) is 2. The van der Waals surface area contributed by atoms with Crippen LogP contribution in [0.1, 0.15) is 15.9 Å². The first-order valence-corrected chi connectivity index (χ1v) is 6.88. The van der Waals surface area contributed by atoms with E-state index in [0.29, 0.717) is 6.42 Å². The summed E-state index contributed by atoms with van der Waals surface area (Å²) < 4.78 is 0. The normalized spacial score (nSPS) is 10.2. The molecule has 2 rings (SSSR count). The summed E-state index contributed by atoms with van der Waals surface area (Å²) >= 11 is 0. The van der Waals surface area contributed by atoms with Crippen molar-refractivity contribution in [1.82, 2.24) is 0 Å². The van der Waals surface area contributed by atoms with Crippen LogP contribution in [0.3, 0.4) is 0 Å². The molecular formula is C15H13N3O6. The van der Waals surface area contributed by atoms with Crippen LogP contribution >= 0.6 is 0 Å². The minimum absolute atomic E-state index is 0.220. The third-order valence-electron chi connectivity index (χ3n) is 3.30. The van der Waals surface area contributed by atoms with E-state index in [-0.39, 0.29) is 12.2 Å². The van der Waals surface area contributed by atoms with Gasteiger partial charge in [0.25, 0.3) is 11.4 Å². The Bertz CT molecular complexity index is 756. The van der Waals surface area contributed by atoms with Gasteiger partial charge in [-0.25, -0.2) is 4.79 Å². The second-order valence-corrected chi connectivity index (χ2v) is 4.87. The Morgan fingerprint density at radius 1 is 1.04 bits per heavy atom. The molecule has 0 amide bonds. The maximum atomic E-state index is 11.2. The molecule has 0 radical (unpaired) electrons. The molecule has 2 aromatic rings. The predicted octanol–water partition coefficient (Wildman–Crippen LogP) is 2.86. The van der Waals surface area contributed by atoms with Gasteiger partial charge < -0.3 is 10.4 Å². The van der Waals surface area contributed by atoms with Crippen molar-refractivity contribution < 1.29 is 19.7 Å². The van der Waals surface area contributed by atoms with Crippen LogP contribution in [-0.4, -0.2) is 27.5 Å². The lowest BCUT2D eigenvalue weighted by Crippen LogP contribution is -2.10. The standard InChI is InChI=1S/C15H13N3O6/c19-15(20)11-8-12(17(21)22)14(13(9-11)18(23)24)16-7-6-10-4-2-1-3-5-10/h1-5,8-9,16H,6-7H2,(H,19,20). The van der Waals surface area contributed by atoms with Gasteiger partial charge in [0.15, 0.2) is 5.69 Å². The number of benzene rings is 2. The molecule has 0 saturated carbocycles. The highest BCUT2D eigenvalue weighted by atomic mass is 16.6. The zero-order chi connectivity index (χ0) is 17.7. The molecule has 2 N–H and O–H groups in total. The molecule has 9 heteroatoms. The summed E-state index contributed by atoms with van der Waals surface area (Å²) in [5.74, 6) is -1.47. The van der Waals surface area contributed by atoms with E-state index in [9.17, 15) is 25.0 Å². The number of nitro benzene ring substituents is 2. The van der Waals surface area contributed by atoms with Crippen LogP contribution in [0.5, 0.6) is 0 Å². The van der Waals surface area contributed by atoms with E-state index in [1.165, 1.54) is 0 Å². The highest BCUT2D eigenvalue weighted by Gasteiger charge is 2.28. The molecule has 0 aliphatic carbocycles. The van der Waals surface area contributed by atoms with Gasteiger partial charge in [-0.2, -0.15) is 0 Å². The molecule has 0 spiro atoms. The fourth-order valence-corrected chi connectivity index (χ4v) is 2.18. The average molecular weight is 331 g/mol. The SMILES string of the molecule is O=C(O)c1cc([N+](=O)[O-])c(NCCc2ccccc2)c([N+](=O)[O-])c1. The Morgan fingerprint density at radius 3 is 2.04 bits per heavy atom. The Labute approximate surface area is 135 Å². The van der Waals surface area contributed by atoms with Crippen molar-refractivity contribution in [2.24, 2.45) is 0 Å². The molecule has 0 aliphatic heterocycles. The lowest BCUT2D eigenvalue weighted by molar-refractivity contribution is -0.392. The summed E-state index contributed by atoms with van der Waals surface area (Å²) in [7, 11) is 0. The van der Waals surface area contributed by atoms with Crippen LogP contribution in [0, 0.1) is 20.2 Å². The maximum absolute atomic E-state index is 11.2. The predicted molar refractivity (Wildman–Crippen MR) is 85.3 cm³/mol. The zero-order valence-corrected chi connectivity index (χ0v) is 12.3. The molecule has 2 aromatic carbocycles. The summed E-state index contributed by atoms with van der Waals surface area (Å²) in [4.78, 5) is 31.6. The van der Waals surface area contributed by atoms with E-state index in [0.717, 1.165) is 17.7 Å². The van der Waals surface area contributed by atoms with E-state index in [4.69, 9.17) is 5.11 Å². The van der Waals surface area contributed by atoms with Crippen molar-refractivity contribution in [1.29, 1.82) is 0 Å². The molecule has 0 saturated heterocycles. The number of aromatic carboxylic acids is 1. The Hall–Kier alpha value is -3.49. The van der Waals surface area contributed by atoms with Gasteiger partial charge in [0.05, 0.1) is 15.4 Å². The molecular weight excluding hydrogens is 318 g/mol. The van der Waals surface area contributed by atoms with Gasteiger partial charge in [0.1, 0.15) is 0 Å². The van der Waals surface area contributed by atoms with Crippen molar-refractivity contribution in [2.75, 3.05) is 11.9 Å². The monoisotopic (exact) mass is 331 g/mol.